The molecule has 1 unspecified atom stereocenters. The Kier molecular flexibility index (Phi) is 3.34. The molecule has 1 aromatic heterocycles. The smallest absolute Gasteiger partial charge is 0.225 e. The summed E-state index contributed by atoms with van der Waals surface area (Å²) in [5.74, 6) is 0.152. The highest BCUT2D eigenvalue weighted by Gasteiger charge is 2.22. The molecule has 1 amide bonds. The van der Waals surface area contributed by atoms with Gasteiger partial charge in [0.15, 0.2) is 0 Å². The monoisotopic (exact) mass is 209 g/mol. The van der Waals surface area contributed by atoms with E-state index in [1.165, 1.54) is 0 Å². The second kappa shape index (κ2) is 4.93. The Labute approximate surface area is 88.2 Å². The van der Waals surface area contributed by atoms with Gasteiger partial charge in [-0.15, -0.1) is 0 Å². The quantitative estimate of drug-likeness (QED) is 0.739. The van der Waals surface area contributed by atoms with Crippen LogP contribution >= 0.6 is 0 Å². The van der Waals surface area contributed by atoms with E-state index in [0.717, 1.165) is 18.5 Å². The number of carbonyl (C=O) groups excluding carboxylic acids is 1. The van der Waals surface area contributed by atoms with E-state index in [1.54, 1.807) is 12.5 Å². The fourth-order valence-electron chi connectivity index (χ4n) is 1.63. The maximum absolute atomic E-state index is 11.6. The van der Waals surface area contributed by atoms with Crippen molar-refractivity contribution in [2.24, 2.45) is 5.92 Å². The molecule has 0 aromatic carbocycles. The van der Waals surface area contributed by atoms with Crippen molar-refractivity contribution in [2.75, 3.05) is 19.8 Å². The molecule has 1 aliphatic heterocycles. The predicted molar refractivity (Wildman–Crippen MR) is 54.2 cm³/mol. The second-order valence-electron chi connectivity index (χ2n) is 3.68. The van der Waals surface area contributed by atoms with Gasteiger partial charge in [-0.3, -0.25) is 4.79 Å². The summed E-state index contributed by atoms with van der Waals surface area (Å²) in [4.78, 5) is 18.5. The largest absolute Gasteiger partial charge is 0.381 e. The van der Waals surface area contributed by atoms with Gasteiger partial charge in [0.25, 0.3) is 0 Å². The lowest BCUT2D eigenvalue weighted by Gasteiger charge is -2.08. The number of aromatic nitrogens is 2. The highest BCUT2D eigenvalue weighted by molar-refractivity contribution is 5.78. The average molecular weight is 209 g/mol. The molecule has 0 bridgehead atoms. The van der Waals surface area contributed by atoms with E-state index < -0.39 is 0 Å². The normalized spacial score (nSPS) is 20.4. The van der Waals surface area contributed by atoms with Gasteiger partial charge >= 0.3 is 0 Å². The summed E-state index contributed by atoms with van der Waals surface area (Å²) >= 11 is 0. The average Bonchev–Trinajstić information content (AvgIpc) is 2.90. The molecule has 15 heavy (non-hydrogen) atoms. The third-order valence-corrected chi connectivity index (χ3v) is 2.55. The molecule has 2 heterocycles. The molecule has 0 spiro atoms. The first-order valence-corrected chi connectivity index (χ1v) is 5.19. The summed E-state index contributed by atoms with van der Waals surface area (Å²) in [6.45, 7) is 1.92. The number of carbonyl (C=O) groups is 1. The molecule has 5 heteroatoms. The van der Waals surface area contributed by atoms with Crippen LogP contribution < -0.4 is 5.32 Å². The molecule has 0 saturated carbocycles. The zero-order valence-electron chi connectivity index (χ0n) is 8.53. The van der Waals surface area contributed by atoms with E-state index in [1.807, 2.05) is 0 Å². The molecule has 5 nitrogen and oxygen atoms in total. The minimum atomic E-state index is 0.0479. The van der Waals surface area contributed by atoms with Crippen LogP contribution in [0.3, 0.4) is 0 Å². The number of amides is 1. The van der Waals surface area contributed by atoms with Crippen molar-refractivity contribution in [1.29, 1.82) is 0 Å². The lowest BCUT2D eigenvalue weighted by atomic mass is 10.1. The molecule has 1 atom stereocenters. The first kappa shape index (κ1) is 10.2. The maximum atomic E-state index is 11.6. The third kappa shape index (κ3) is 2.79. The zero-order valence-corrected chi connectivity index (χ0v) is 8.53. The predicted octanol–water partition coefficient (Wildman–Crippen LogP) is 0.105. The van der Waals surface area contributed by atoms with Crippen LogP contribution in [0.15, 0.2) is 12.5 Å². The summed E-state index contributed by atoms with van der Waals surface area (Å²) < 4.78 is 5.15. The Morgan fingerprint density at radius 3 is 3.33 bits per heavy atom. The van der Waals surface area contributed by atoms with Crippen LogP contribution in [-0.2, 0) is 16.0 Å². The van der Waals surface area contributed by atoms with Crippen LogP contribution in [0.25, 0.3) is 0 Å². The Morgan fingerprint density at radius 2 is 2.67 bits per heavy atom. The number of H-pyrrole nitrogens is 1. The number of ether oxygens (including phenoxy) is 1. The van der Waals surface area contributed by atoms with Crippen molar-refractivity contribution in [1.82, 2.24) is 15.3 Å². The third-order valence-electron chi connectivity index (χ3n) is 2.55. The van der Waals surface area contributed by atoms with Gasteiger partial charge in [0, 0.05) is 31.5 Å². The highest BCUT2D eigenvalue weighted by Crippen LogP contribution is 2.11. The second-order valence-corrected chi connectivity index (χ2v) is 3.68. The topological polar surface area (TPSA) is 67.0 Å². The van der Waals surface area contributed by atoms with Crippen LogP contribution in [0.5, 0.6) is 0 Å². The van der Waals surface area contributed by atoms with Crippen LogP contribution in [0, 0.1) is 5.92 Å². The Hall–Kier alpha value is -1.36. The molecule has 2 N–H and O–H groups in total. The molecule has 82 valence electrons. The number of aromatic amines is 1. The number of nitrogens with one attached hydrogen (secondary N) is 2. The van der Waals surface area contributed by atoms with Crippen molar-refractivity contribution < 1.29 is 9.53 Å². The van der Waals surface area contributed by atoms with E-state index >= 15 is 0 Å². The summed E-state index contributed by atoms with van der Waals surface area (Å²) in [6, 6.07) is 0. The fraction of sp³-hybridized carbons (Fsp3) is 0.600. The summed E-state index contributed by atoms with van der Waals surface area (Å²) in [5.41, 5.74) is 1.04. The van der Waals surface area contributed by atoms with Gasteiger partial charge in [0.05, 0.1) is 18.9 Å². The van der Waals surface area contributed by atoms with Crippen molar-refractivity contribution >= 4 is 5.91 Å². The molecule has 1 fully saturated rings. The molecule has 2 rings (SSSR count). The zero-order chi connectivity index (χ0) is 10.5. The van der Waals surface area contributed by atoms with Crippen molar-refractivity contribution in [2.45, 2.75) is 12.8 Å². The van der Waals surface area contributed by atoms with Gasteiger partial charge in [-0.1, -0.05) is 0 Å². The molecule has 1 saturated heterocycles. The van der Waals surface area contributed by atoms with E-state index in [9.17, 15) is 4.79 Å². The van der Waals surface area contributed by atoms with Crippen LogP contribution in [0.1, 0.15) is 12.1 Å². The van der Waals surface area contributed by atoms with Gasteiger partial charge in [-0.25, -0.2) is 4.98 Å². The minimum Gasteiger partial charge on any atom is -0.381 e. The maximum Gasteiger partial charge on any atom is 0.225 e. The Morgan fingerprint density at radius 1 is 1.73 bits per heavy atom. The molecule has 0 aliphatic carbocycles. The lowest BCUT2D eigenvalue weighted by molar-refractivity contribution is -0.124. The fourth-order valence-corrected chi connectivity index (χ4v) is 1.63. The lowest BCUT2D eigenvalue weighted by Crippen LogP contribution is -2.32. The van der Waals surface area contributed by atoms with E-state index in [4.69, 9.17) is 4.74 Å². The van der Waals surface area contributed by atoms with Gasteiger partial charge in [-0.05, 0) is 6.42 Å². The van der Waals surface area contributed by atoms with Crippen LogP contribution in [-0.4, -0.2) is 35.6 Å². The van der Waals surface area contributed by atoms with Gasteiger partial charge in [0.2, 0.25) is 5.91 Å². The minimum absolute atomic E-state index is 0.0479. The van der Waals surface area contributed by atoms with E-state index in [-0.39, 0.29) is 11.8 Å². The van der Waals surface area contributed by atoms with Crippen LogP contribution in [0.2, 0.25) is 0 Å². The van der Waals surface area contributed by atoms with Gasteiger partial charge in [-0.2, -0.15) is 0 Å². The van der Waals surface area contributed by atoms with Gasteiger partial charge in [0.1, 0.15) is 0 Å². The Bertz CT molecular complexity index is 304. The number of imidazole rings is 1. The Balaban J connectivity index is 1.67. The molecule has 1 aliphatic rings. The number of rotatable bonds is 4. The molecular formula is C10H15N3O2. The first-order chi connectivity index (χ1) is 7.36. The number of hydrogen-bond acceptors (Lipinski definition) is 3. The van der Waals surface area contributed by atoms with E-state index in [2.05, 4.69) is 15.3 Å². The van der Waals surface area contributed by atoms with Crippen molar-refractivity contribution in [3.8, 4) is 0 Å². The highest BCUT2D eigenvalue weighted by atomic mass is 16.5. The molecule has 1 aromatic rings. The summed E-state index contributed by atoms with van der Waals surface area (Å²) in [7, 11) is 0. The molecular weight excluding hydrogens is 194 g/mol. The number of nitrogens with zero attached hydrogens (tertiary/aromatic N) is 1. The van der Waals surface area contributed by atoms with Crippen molar-refractivity contribution in [3.63, 3.8) is 0 Å². The van der Waals surface area contributed by atoms with Gasteiger partial charge < -0.3 is 15.0 Å². The number of hydrogen-bond donors (Lipinski definition) is 2. The van der Waals surface area contributed by atoms with Crippen molar-refractivity contribution in [3.05, 3.63) is 18.2 Å². The first-order valence-electron chi connectivity index (χ1n) is 5.19. The standard InChI is InChI=1S/C10H15N3O2/c14-10(8-2-4-15-6-8)12-3-1-9-5-11-7-13-9/h5,7-8H,1-4,6H2,(H,11,13)(H,12,14). The van der Waals surface area contributed by atoms with Crippen LogP contribution in [0.4, 0.5) is 0 Å². The SMILES string of the molecule is O=C(NCCc1cnc[nH]1)C1CCOC1. The molecule has 0 radical (unpaired) electrons. The summed E-state index contributed by atoms with van der Waals surface area (Å²) in [6.07, 6.45) is 5.04. The van der Waals surface area contributed by atoms with E-state index in [0.29, 0.717) is 19.8 Å². The summed E-state index contributed by atoms with van der Waals surface area (Å²) in [5, 5.41) is 2.90.